The van der Waals surface area contributed by atoms with E-state index in [-0.39, 0.29) is 95.8 Å². The number of nitrogens with one attached hydrogen (secondary N) is 2. The number of aliphatic hydroxyl groups is 1. The van der Waals surface area contributed by atoms with Crippen molar-refractivity contribution >= 4 is 45.3 Å². The van der Waals surface area contributed by atoms with Crippen LogP contribution in [0.2, 0.25) is 0 Å². The Morgan fingerprint density at radius 3 is 2.43 bits per heavy atom. The summed E-state index contributed by atoms with van der Waals surface area (Å²) < 4.78 is 78.5. The van der Waals surface area contributed by atoms with Crippen molar-refractivity contribution in [3.05, 3.63) is 107 Å². The van der Waals surface area contributed by atoms with Crippen LogP contribution in [0.1, 0.15) is 89.8 Å². The van der Waals surface area contributed by atoms with E-state index < -0.39 is 70.8 Å². The molecule has 426 valence electrons. The summed E-state index contributed by atoms with van der Waals surface area (Å²) in [4.78, 5) is 60.9. The first kappa shape index (κ1) is 56.8. The molecule has 81 heavy (non-hydrogen) atoms. The van der Waals surface area contributed by atoms with Gasteiger partial charge in [-0.3, -0.25) is 24.3 Å². The van der Waals surface area contributed by atoms with Gasteiger partial charge in [0.05, 0.1) is 36.1 Å². The lowest BCUT2D eigenvalue weighted by molar-refractivity contribution is -0.169. The molecule has 20 heteroatoms. The van der Waals surface area contributed by atoms with E-state index >= 15 is 8.78 Å². The van der Waals surface area contributed by atoms with Crippen molar-refractivity contribution < 1.29 is 56.4 Å². The highest BCUT2D eigenvalue weighted by Gasteiger charge is 2.46. The van der Waals surface area contributed by atoms with Crippen molar-refractivity contribution in [2.24, 2.45) is 5.41 Å². The third kappa shape index (κ3) is 12.3. The van der Waals surface area contributed by atoms with E-state index in [4.69, 9.17) is 25.6 Å². The number of aromatic nitrogens is 3. The molecule has 2 amide bonds. The quantitative estimate of drug-likeness (QED) is 0.0279. The zero-order valence-corrected chi connectivity index (χ0v) is 45.7. The predicted molar refractivity (Wildman–Crippen MR) is 296 cm³/mol. The molecule has 4 aliphatic rings. The van der Waals surface area contributed by atoms with Gasteiger partial charge in [-0.05, 0) is 86.4 Å². The highest BCUT2D eigenvalue weighted by Crippen LogP contribution is 2.40. The fourth-order valence-corrected chi connectivity index (χ4v) is 11.7. The minimum atomic E-state index is -1.27. The van der Waals surface area contributed by atoms with Crippen LogP contribution in [0, 0.1) is 41.0 Å². The number of β-amino-alcohol motifs (C(OH)–C–C–N with tert-alkyl or cyclic N) is 1. The monoisotopic (exact) mass is 1110 g/mol. The first-order chi connectivity index (χ1) is 38.8. The van der Waals surface area contributed by atoms with Crippen molar-refractivity contribution in [2.75, 3.05) is 57.4 Å². The van der Waals surface area contributed by atoms with Gasteiger partial charge in [0, 0.05) is 85.5 Å². The van der Waals surface area contributed by atoms with Crippen LogP contribution in [0.4, 0.5) is 23.4 Å². The number of carbonyl (C=O) groups excluding carboxylic acids is 3. The zero-order valence-electron chi connectivity index (χ0n) is 45.7. The van der Waals surface area contributed by atoms with Crippen LogP contribution in [-0.2, 0) is 23.9 Å². The summed E-state index contributed by atoms with van der Waals surface area (Å²) in [6, 6.07) is 14.9. The summed E-state index contributed by atoms with van der Waals surface area (Å²) in [7, 11) is 0. The molecule has 4 fully saturated rings. The largest absolute Gasteiger partial charge is 0.508 e. The number of rotatable bonds is 18. The van der Waals surface area contributed by atoms with E-state index in [1.54, 1.807) is 52.0 Å². The number of phenolic OH excluding ortho intramolecular Hbond substituents is 1. The molecule has 0 spiro atoms. The van der Waals surface area contributed by atoms with E-state index in [0.717, 1.165) is 38.3 Å². The number of hydrogen-bond acceptors (Lipinski definition) is 14. The van der Waals surface area contributed by atoms with Gasteiger partial charge in [0.15, 0.2) is 23.6 Å². The molecule has 2 bridgehead atoms. The van der Waals surface area contributed by atoms with E-state index in [1.807, 2.05) is 0 Å². The molecule has 4 saturated heterocycles. The summed E-state index contributed by atoms with van der Waals surface area (Å²) in [6.45, 7) is 10.2. The third-order valence-corrected chi connectivity index (χ3v) is 15.9. The fourth-order valence-electron chi connectivity index (χ4n) is 11.7. The van der Waals surface area contributed by atoms with Crippen LogP contribution in [-0.4, -0.2) is 142 Å². The van der Waals surface area contributed by atoms with Crippen LogP contribution in [0.25, 0.3) is 44.1 Å². The fraction of sp³-hybridized carbons (Fsp3) is 0.443. The Hall–Kier alpha value is -7.44. The highest BCUT2D eigenvalue weighted by molar-refractivity contribution is 6.03. The van der Waals surface area contributed by atoms with Gasteiger partial charge in [-0.1, -0.05) is 69.2 Å². The van der Waals surface area contributed by atoms with Gasteiger partial charge in [0.2, 0.25) is 5.91 Å². The number of ether oxygens (including phenoxy) is 3. The number of benzene rings is 4. The van der Waals surface area contributed by atoms with Crippen LogP contribution < -0.4 is 20.3 Å². The molecule has 7 atom stereocenters. The molecular formula is C61H66F4N8O8. The topological polar surface area (TPSA) is 192 Å². The lowest BCUT2D eigenvalue weighted by Crippen LogP contribution is -2.53. The van der Waals surface area contributed by atoms with E-state index in [2.05, 4.69) is 36.3 Å². The van der Waals surface area contributed by atoms with Crippen molar-refractivity contribution in [1.82, 2.24) is 35.4 Å². The van der Waals surface area contributed by atoms with Crippen molar-refractivity contribution in [3.8, 4) is 46.5 Å². The molecule has 2 aromatic heterocycles. The normalized spacial score (nSPS) is 20.9. The number of terminal acetylenes is 1. The number of phenols is 1. The molecule has 6 heterocycles. The van der Waals surface area contributed by atoms with Gasteiger partial charge in [-0.2, -0.15) is 9.97 Å². The van der Waals surface area contributed by atoms with E-state index in [9.17, 15) is 33.4 Å². The number of hydrogen-bond donors (Lipinski definition) is 4. The van der Waals surface area contributed by atoms with Crippen LogP contribution in [0.3, 0.4) is 0 Å². The molecule has 6 aromatic rings. The number of carbonyl (C=O) groups is 3. The molecule has 0 aliphatic carbocycles. The van der Waals surface area contributed by atoms with Crippen molar-refractivity contribution in [2.45, 2.75) is 115 Å². The standard InChI is InChI=1S/C61H66F4N8O8/c1-6-43-47(62)20-17-37-26-41(74)27-45(51(37)43)54-53(65)55-46(29-66-54)57(72-30-38-18-19-39(31-72)68-38)70-60(69-55)80-33-40-10-8-22-71(40)23-9-24-79-25-21-50(76)81-56(61(3,4)5)59(78)73-32-42(75)28-49(73)58(77)67-34(2)35-13-15-36(16-14-35)44-11-7-12-48(63)52(44)64/h1,7,11-17,20,26-27,29,34,38-40,42,49,56,68,74-75H,8-10,18-19,21-25,28,30-33H2,2-5H3,(H,67,77)/t34-,38?,39?,40-,42+,49-,56+/m0/s1. The second-order valence-corrected chi connectivity index (χ2v) is 22.7. The Morgan fingerprint density at radius 2 is 1.69 bits per heavy atom. The van der Waals surface area contributed by atoms with Gasteiger partial charge < -0.3 is 44.9 Å². The predicted octanol–water partition coefficient (Wildman–Crippen LogP) is 8.13. The molecule has 0 radical (unpaired) electrons. The Morgan fingerprint density at radius 1 is 0.926 bits per heavy atom. The number of pyridine rings is 1. The SMILES string of the molecule is C#Cc1c(F)ccc2cc(O)cc(-c3ncc4c(N5CC6CCC(C5)N6)nc(OC[C@@H]5CCCN5CCCOCCC(=O)O[C@H](C(=O)N5C[C@H](O)C[C@H]5C(=O)N[C@@H](C)c5ccc(-c6cccc(F)c6F)cc5)C(C)(C)C)nc4c3F)c12. The van der Waals surface area contributed by atoms with Crippen molar-refractivity contribution in [3.63, 3.8) is 0 Å². The maximum absolute atomic E-state index is 17.1. The number of fused-ring (bicyclic) bond motifs is 4. The molecule has 10 rings (SSSR count). The average molecular weight is 1120 g/mol. The Labute approximate surface area is 467 Å². The maximum atomic E-state index is 17.1. The second kappa shape index (κ2) is 23.9. The van der Waals surface area contributed by atoms with E-state index in [0.29, 0.717) is 60.4 Å². The number of halogens is 4. The van der Waals surface area contributed by atoms with Crippen LogP contribution in [0.5, 0.6) is 11.8 Å². The highest BCUT2D eigenvalue weighted by atomic mass is 19.2. The summed E-state index contributed by atoms with van der Waals surface area (Å²) in [5, 5.41) is 29.0. The Balaban J connectivity index is 0.731. The van der Waals surface area contributed by atoms with Gasteiger partial charge in [-0.15, -0.1) is 6.42 Å². The maximum Gasteiger partial charge on any atom is 0.319 e. The molecule has 0 saturated carbocycles. The summed E-state index contributed by atoms with van der Waals surface area (Å²) in [5.74, 6) is -2.47. The molecule has 4 aliphatic heterocycles. The number of esters is 1. The summed E-state index contributed by atoms with van der Waals surface area (Å²) in [5.41, 5.74) is 0.186. The Bertz CT molecular complexity index is 3380. The van der Waals surface area contributed by atoms with Gasteiger partial charge in [-0.25, -0.2) is 17.6 Å². The number of piperazine rings is 1. The summed E-state index contributed by atoms with van der Waals surface area (Å²) in [6.07, 6.45) is 9.24. The van der Waals surface area contributed by atoms with Gasteiger partial charge >= 0.3 is 12.0 Å². The number of aromatic hydroxyl groups is 1. The Kier molecular flexibility index (Phi) is 16.8. The minimum Gasteiger partial charge on any atom is -0.508 e. The van der Waals surface area contributed by atoms with Gasteiger partial charge in [0.1, 0.15) is 41.2 Å². The summed E-state index contributed by atoms with van der Waals surface area (Å²) >= 11 is 0. The second-order valence-electron chi connectivity index (χ2n) is 22.7. The lowest BCUT2D eigenvalue weighted by Gasteiger charge is -2.34. The molecule has 4 N–H and O–H groups in total. The number of amides is 2. The first-order valence-corrected chi connectivity index (χ1v) is 27.6. The van der Waals surface area contributed by atoms with Crippen LogP contribution >= 0.6 is 0 Å². The van der Waals surface area contributed by atoms with E-state index in [1.165, 1.54) is 47.5 Å². The van der Waals surface area contributed by atoms with Crippen LogP contribution in [0.15, 0.2) is 72.9 Å². The first-order valence-electron chi connectivity index (χ1n) is 27.6. The number of aliphatic hydroxyl groups excluding tert-OH is 1. The zero-order chi connectivity index (χ0) is 57.3. The number of nitrogens with zero attached hydrogens (tertiary/aromatic N) is 6. The minimum absolute atomic E-state index is 0.00846. The number of likely N-dealkylation sites (tertiary alicyclic amines) is 2. The third-order valence-electron chi connectivity index (χ3n) is 15.9. The molecular weight excluding hydrogens is 1050 g/mol. The number of anilines is 1. The molecule has 2 unspecified atom stereocenters. The molecule has 4 aromatic carbocycles. The van der Waals surface area contributed by atoms with Gasteiger partial charge in [0.25, 0.3) is 5.91 Å². The molecule has 16 nitrogen and oxygen atoms in total. The smallest absolute Gasteiger partial charge is 0.319 e. The average Bonchev–Trinajstić information content (AvgIpc) is 4.24. The lowest BCUT2D eigenvalue weighted by atomic mass is 9.87. The van der Waals surface area contributed by atoms with Crippen molar-refractivity contribution in [1.29, 1.82) is 0 Å².